The Hall–Kier alpha value is -2.72. The molecule has 1 aliphatic carbocycles. The molecule has 2 heterocycles. The number of fused-ring (bicyclic) bond motifs is 2. The molecule has 2 aromatic carbocycles. The minimum absolute atomic E-state index is 0.0118. The van der Waals surface area contributed by atoms with E-state index in [0.29, 0.717) is 4.47 Å². The number of carbonyl (C=O) groups excluding carboxylic acids is 3. The number of hydrogen-bond donors (Lipinski definition) is 2. The molecular formula is C24H24BrN3O5S. The van der Waals surface area contributed by atoms with Gasteiger partial charge in [0.2, 0.25) is 5.91 Å². The zero-order chi connectivity index (χ0) is 24.3. The normalized spacial score (nSPS) is 24.6. The van der Waals surface area contributed by atoms with E-state index in [1.54, 1.807) is 12.1 Å². The molecule has 10 heteroatoms. The molecule has 0 aromatic heterocycles. The lowest BCUT2D eigenvalue weighted by Crippen LogP contribution is -2.54. The van der Waals surface area contributed by atoms with Crippen LogP contribution in [0, 0.1) is 11.8 Å². The monoisotopic (exact) mass is 545 g/mol. The minimum atomic E-state index is -3.81. The van der Waals surface area contributed by atoms with E-state index in [4.69, 9.17) is 0 Å². The van der Waals surface area contributed by atoms with Crippen molar-refractivity contribution in [3.63, 3.8) is 0 Å². The van der Waals surface area contributed by atoms with E-state index in [0.717, 1.165) is 23.3 Å². The van der Waals surface area contributed by atoms with Gasteiger partial charge in [0.15, 0.2) is 15.4 Å². The number of carbonyl (C=O) groups is 3. The van der Waals surface area contributed by atoms with Crippen molar-refractivity contribution < 1.29 is 22.8 Å². The number of hydrogen-bond acceptors (Lipinski definition) is 5. The summed E-state index contributed by atoms with van der Waals surface area (Å²) in [5.74, 6) is -1.73. The quantitative estimate of drug-likeness (QED) is 0.542. The number of halogens is 1. The van der Waals surface area contributed by atoms with E-state index in [2.05, 4.69) is 26.6 Å². The Morgan fingerprint density at radius 1 is 1.21 bits per heavy atom. The topological polar surface area (TPSA) is 113 Å². The third-order valence-electron chi connectivity index (χ3n) is 6.99. The highest BCUT2D eigenvalue weighted by Crippen LogP contribution is 2.46. The molecule has 8 nitrogen and oxygen atoms in total. The Balaban J connectivity index is 1.49. The maximum Gasteiger partial charge on any atom is 0.326 e. The summed E-state index contributed by atoms with van der Waals surface area (Å²) in [7, 11) is -3.81. The molecule has 5 rings (SSSR count). The Kier molecular flexibility index (Phi) is 5.55. The molecule has 1 saturated carbocycles. The molecule has 1 spiro atoms. The maximum absolute atomic E-state index is 13.8. The van der Waals surface area contributed by atoms with Crippen LogP contribution >= 0.6 is 15.9 Å². The first-order valence-electron chi connectivity index (χ1n) is 11.1. The van der Waals surface area contributed by atoms with Gasteiger partial charge in [-0.25, -0.2) is 18.1 Å². The highest BCUT2D eigenvalue weighted by Gasteiger charge is 2.63. The SMILES string of the molecule is C[C@@H](C1CC1)C(C(=O)NCc1ccccc1)N1C(=O)NC2(CS(=O)(=O)c3cc(Br)ccc32)C1=O. The van der Waals surface area contributed by atoms with Gasteiger partial charge in [0.1, 0.15) is 6.04 Å². The first-order chi connectivity index (χ1) is 16.1. The molecule has 34 heavy (non-hydrogen) atoms. The second-order valence-corrected chi connectivity index (χ2v) is 12.1. The zero-order valence-corrected chi connectivity index (χ0v) is 20.9. The number of imide groups is 1. The van der Waals surface area contributed by atoms with E-state index in [-0.39, 0.29) is 28.8 Å². The summed E-state index contributed by atoms with van der Waals surface area (Å²) in [6, 6.07) is 12.2. The van der Waals surface area contributed by atoms with Crippen LogP contribution in [0.25, 0.3) is 0 Å². The predicted molar refractivity (Wildman–Crippen MR) is 127 cm³/mol. The van der Waals surface area contributed by atoms with Crippen molar-refractivity contribution in [1.29, 1.82) is 0 Å². The number of rotatable bonds is 6. The van der Waals surface area contributed by atoms with E-state index >= 15 is 0 Å². The maximum atomic E-state index is 13.8. The molecule has 2 aliphatic heterocycles. The molecule has 1 saturated heterocycles. The highest BCUT2D eigenvalue weighted by atomic mass is 79.9. The van der Waals surface area contributed by atoms with Crippen LogP contribution in [-0.4, -0.2) is 43.0 Å². The lowest BCUT2D eigenvalue weighted by Gasteiger charge is -2.30. The van der Waals surface area contributed by atoms with Crippen molar-refractivity contribution in [2.45, 2.75) is 42.8 Å². The lowest BCUT2D eigenvalue weighted by atomic mass is 9.90. The van der Waals surface area contributed by atoms with E-state index in [1.807, 2.05) is 37.3 Å². The van der Waals surface area contributed by atoms with Gasteiger partial charge in [-0.15, -0.1) is 0 Å². The van der Waals surface area contributed by atoms with Gasteiger partial charge in [0.25, 0.3) is 5.91 Å². The van der Waals surface area contributed by atoms with Crippen LogP contribution in [0.3, 0.4) is 0 Å². The van der Waals surface area contributed by atoms with Crippen LogP contribution in [0.1, 0.15) is 30.9 Å². The molecule has 178 valence electrons. The molecule has 3 aliphatic rings. The summed E-state index contributed by atoms with van der Waals surface area (Å²) < 4.78 is 26.4. The number of benzene rings is 2. The Labute approximate surface area is 206 Å². The Bertz CT molecular complexity index is 1290. The van der Waals surface area contributed by atoms with Crippen molar-refractivity contribution in [3.05, 3.63) is 64.1 Å². The molecule has 0 bridgehead atoms. The lowest BCUT2D eigenvalue weighted by molar-refractivity contribution is -0.140. The van der Waals surface area contributed by atoms with Crippen LogP contribution < -0.4 is 10.6 Å². The fraction of sp³-hybridized carbons (Fsp3) is 0.375. The summed E-state index contributed by atoms with van der Waals surface area (Å²) in [6.07, 6.45) is 1.84. The van der Waals surface area contributed by atoms with Gasteiger partial charge in [-0.3, -0.25) is 9.59 Å². The second kappa shape index (κ2) is 8.20. The second-order valence-electron chi connectivity index (χ2n) is 9.25. The number of urea groups is 1. The van der Waals surface area contributed by atoms with Crippen molar-refractivity contribution in [2.75, 3.05) is 5.75 Å². The summed E-state index contributed by atoms with van der Waals surface area (Å²) in [5, 5.41) is 5.51. The average molecular weight is 546 g/mol. The average Bonchev–Trinajstić information content (AvgIpc) is 3.58. The molecule has 2 aromatic rings. The molecule has 2 unspecified atom stereocenters. The van der Waals surface area contributed by atoms with Crippen molar-refractivity contribution in [3.8, 4) is 0 Å². The smallest absolute Gasteiger partial charge is 0.326 e. The molecule has 4 amide bonds. The zero-order valence-electron chi connectivity index (χ0n) is 18.5. The summed E-state index contributed by atoms with van der Waals surface area (Å²) in [6.45, 7) is 2.13. The Morgan fingerprint density at radius 3 is 2.59 bits per heavy atom. The van der Waals surface area contributed by atoms with E-state index in [9.17, 15) is 22.8 Å². The third-order valence-corrected chi connectivity index (χ3v) is 9.30. The third kappa shape index (κ3) is 3.73. The van der Waals surface area contributed by atoms with Crippen LogP contribution in [-0.2, 0) is 31.5 Å². The van der Waals surface area contributed by atoms with Crippen molar-refractivity contribution in [1.82, 2.24) is 15.5 Å². The number of amides is 4. The van der Waals surface area contributed by atoms with Crippen molar-refractivity contribution in [2.24, 2.45) is 11.8 Å². The van der Waals surface area contributed by atoms with Crippen LogP contribution in [0.4, 0.5) is 4.79 Å². The molecule has 0 radical (unpaired) electrons. The summed E-state index contributed by atoms with van der Waals surface area (Å²) in [4.78, 5) is 41.4. The minimum Gasteiger partial charge on any atom is -0.350 e. The van der Waals surface area contributed by atoms with Crippen LogP contribution in [0.2, 0.25) is 0 Å². The number of sulfone groups is 1. The largest absolute Gasteiger partial charge is 0.350 e. The Morgan fingerprint density at radius 2 is 1.91 bits per heavy atom. The van der Waals surface area contributed by atoms with Gasteiger partial charge in [-0.1, -0.05) is 59.3 Å². The van der Waals surface area contributed by atoms with Gasteiger partial charge in [0, 0.05) is 16.6 Å². The molecule has 2 N–H and O–H groups in total. The van der Waals surface area contributed by atoms with Gasteiger partial charge < -0.3 is 10.6 Å². The molecule has 2 fully saturated rings. The molecular weight excluding hydrogens is 522 g/mol. The van der Waals surface area contributed by atoms with Crippen LogP contribution in [0.5, 0.6) is 0 Å². The first kappa shape index (κ1) is 23.0. The predicted octanol–water partition coefficient (Wildman–Crippen LogP) is 2.71. The number of nitrogens with one attached hydrogen (secondary N) is 2. The fourth-order valence-corrected chi connectivity index (χ4v) is 7.51. The van der Waals surface area contributed by atoms with Gasteiger partial charge >= 0.3 is 6.03 Å². The van der Waals surface area contributed by atoms with Gasteiger partial charge in [0.05, 0.1) is 10.6 Å². The highest BCUT2D eigenvalue weighted by molar-refractivity contribution is 9.10. The first-order valence-corrected chi connectivity index (χ1v) is 13.6. The van der Waals surface area contributed by atoms with Crippen molar-refractivity contribution >= 4 is 43.6 Å². The van der Waals surface area contributed by atoms with Crippen LogP contribution in [0.15, 0.2) is 57.9 Å². The number of nitrogens with zero attached hydrogens (tertiary/aromatic N) is 1. The fourth-order valence-electron chi connectivity index (χ4n) is 5.03. The van der Waals surface area contributed by atoms with Gasteiger partial charge in [-0.2, -0.15) is 0 Å². The van der Waals surface area contributed by atoms with E-state index in [1.165, 1.54) is 6.07 Å². The molecule has 3 atom stereocenters. The van der Waals surface area contributed by atoms with E-state index < -0.39 is 45.0 Å². The standard InChI is InChI=1S/C24H24BrN3O5S/c1-14(16-7-8-16)20(21(29)26-12-15-5-3-2-4-6-15)28-22(30)24(27-23(28)31)13-34(32,33)19-11-17(25)9-10-18(19)24/h2-6,9-11,14,16,20H,7-8,12-13H2,1H3,(H,26,29)(H,27,31)/t14-,20?,24?/m0/s1. The summed E-state index contributed by atoms with van der Waals surface area (Å²) >= 11 is 3.27. The summed E-state index contributed by atoms with van der Waals surface area (Å²) in [5.41, 5.74) is -0.601. The van der Waals surface area contributed by atoms with Gasteiger partial charge in [-0.05, 0) is 42.4 Å².